The number of aliphatic hydroxyl groups excluding tert-OH is 1. The van der Waals surface area contributed by atoms with E-state index in [0.29, 0.717) is 11.8 Å². The van der Waals surface area contributed by atoms with Crippen LogP contribution in [-0.4, -0.2) is 18.2 Å². The Morgan fingerprint density at radius 1 is 0.952 bits per heavy atom. The molecule has 0 saturated carbocycles. The third kappa shape index (κ3) is 6.09. The third-order valence-corrected chi connectivity index (χ3v) is 3.98. The van der Waals surface area contributed by atoms with E-state index in [1.807, 2.05) is 13.0 Å². The molecular formula is C19H33NO. The molecule has 0 spiro atoms. The predicted octanol–water partition coefficient (Wildman–Crippen LogP) is 5.03. The first-order valence-corrected chi connectivity index (χ1v) is 8.47. The van der Waals surface area contributed by atoms with Crippen LogP contribution in [0.3, 0.4) is 0 Å². The van der Waals surface area contributed by atoms with Crippen molar-refractivity contribution in [3.05, 3.63) is 29.8 Å². The molecule has 0 aliphatic rings. The van der Waals surface area contributed by atoms with Gasteiger partial charge in [0.1, 0.15) is 0 Å². The molecule has 0 aromatic heterocycles. The van der Waals surface area contributed by atoms with Gasteiger partial charge in [0.25, 0.3) is 0 Å². The molecule has 0 saturated heterocycles. The van der Waals surface area contributed by atoms with Crippen LogP contribution < -0.4 is 4.90 Å². The second-order valence-electron chi connectivity index (χ2n) is 6.83. The number of hydrogen-bond donors (Lipinski definition) is 1. The Balaban J connectivity index is 2.95. The summed E-state index contributed by atoms with van der Waals surface area (Å²) in [6.07, 6.45) is 2.78. The minimum absolute atomic E-state index is 0.359. The highest BCUT2D eigenvalue weighted by Crippen LogP contribution is 2.29. The molecule has 1 N–H and O–H groups in total. The zero-order valence-electron chi connectivity index (χ0n) is 14.5. The molecule has 0 radical (unpaired) electrons. The molecule has 0 fully saturated rings. The summed E-state index contributed by atoms with van der Waals surface area (Å²) < 4.78 is 0. The van der Waals surface area contributed by atoms with E-state index in [0.717, 1.165) is 25.1 Å². The second kappa shape index (κ2) is 9.09. The Bertz CT molecular complexity index is 388. The Hall–Kier alpha value is -1.02. The van der Waals surface area contributed by atoms with Gasteiger partial charge >= 0.3 is 0 Å². The molecule has 2 heteroatoms. The van der Waals surface area contributed by atoms with E-state index in [1.165, 1.54) is 18.5 Å². The maximum absolute atomic E-state index is 10.3. The number of benzene rings is 1. The molecule has 120 valence electrons. The van der Waals surface area contributed by atoms with Gasteiger partial charge in [-0.3, -0.25) is 0 Å². The summed E-state index contributed by atoms with van der Waals surface area (Å²) in [6.45, 7) is 13.3. The first kappa shape index (κ1) is 18.0. The van der Waals surface area contributed by atoms with Crippen molar-refractivity contribution in [2.24, 2.45) is 11.8 Å². The number of anilines is 1. The molecule has 0 unspecified atom stereocenters. The van der Waals surface area contributed by atoms with Gasteiger partial charge in [0.05, 0.1) is 6.10 Å². The molecule has 1 aromatic rings. The van der Waals surface area contributed by atoms with Crippen LogP contribution in [0.15, 0.2) is 24.3 Å². The fourth-order valence-corrected chi connectivity index (χ4v) is 2.46. The van der Waals surface area contributed by atoms with Gasteiger partial charge in [0.2, 0.25) is 0 Å². The highest BCUT2D eigenvalue weighted by molar-refractivity contribution is 5.54. The van der Waals surface area contributed by atoms with E-state index >= 15 is 0 Å². The maximum Gasteiger partial charge on any atom is 0.0807 e. The molecule has 0 aliphatic carbocycles. The van der Waals surface area contributed by atoms with Gasteiger partial charge in [0, 0.05) is 24.3 Å². The summed E-state index contributed by atoms with van der Waals surface area (Å²) in [5, 5.41) is 10.3. The van der Waals surface area contributed by atoms with Crippen LogP contribution >= 0.6 is 0 Å². The molecule has 1 aromatic carbocycles. The summed E-state index contributed by atoms with van der Waals surface area (Å²) in [7, 11) is 0. The molecule has 0 heterocycles. The van der Waals surface area contributed by atoms with E-state index in [-0.39, 0.29) is 6.10 Å². The average Bonchev–Trinajstić information content (AvgIpc) is 2.46. The molecule has 1 rings (SSSR count). The van der Waals surface area contributed by atoms with Gasteiger partial charge in [-0.25, -0.2) is 0 Å². The van der Waals surface area contributed by atoms with E-state index in [1.54, 1.807) is 0 Å². The van der Waals surface area contributed by atoms with Crippen molar-refractivity contribution in [3.63, 3.8) is 0 Å². The smallest absolute Gasteiger partial charge is 0.0807 e. The molecule has 0 amide bonds. The van der Waals surface area contributed by atoms with Gasteiger partial charge in [-0.1, -0.05) is 52.8 Å². The lowest BCUT2D eigenvalue weighted by Crippen LogP contribution is -2.28. The first-order valence-electron chi connectivity index (χ1n) is 8.47. The van der Waals surface area contributed by atoms with Crippen LogP contribution in [-0.2, 0) is 0 Å². The highest BCUT2D eigenvalue weighted by atomic mass is 16.3. The fraction of sp³-hybridized carbons (Fsp3) is 0.684. The third-order valence-electron chi connectivity index (χ3n) is 3.98. The van der Waals surface area contributed by atoms with Gasteiger partial charge < -0.3 is 10.0 Å². The van der Waals surface area contributed by atoms with Gasteiger partial charge in [0.15, 0.2) is 0 Å². The Labute approximate surface area is 131 Å². The lowest BCUT2D eigenvalue weighted by atomic mass is 10.0. The molecule has 1 atom stereocenters. The van der Waals surface area contributed by atoms with Crippen LogP contribution in [0.4, 0.5) is 5.69 Å². The van der Waals surface area contributed by atoms with Crippen molar-refractivity contribution < 1.29 is 5.11 Å². The normalized spacial score (nSPS) is 13.0. The summed E-state index contributed by atoms with van der Waals surface area (Å²) in [6, 6.07) is 8.34. The number of aliphatic hydroxyl groups is 1. The number of para-hydroxylation sites is 1. The highest BCUT2D eigenvalue weighted by Gasteiger charge is 2.16. The van der Waals surface area contributed by atoms with Crippen molar-refractivity contribution in [3.8, 4) is 0 Å². The quantitative estimate of drug-likeness (QED) is 0.690. The summed E-state index contributed by atoms with van der Waals surface area (Å²) >= 11 is 0. The van der Waals surface area contributed by atoms with E-state index in [9.17, 15) is 5.11 Å². The van der Waals surface area contributed by atoms with Crippen molar-refractivity contribution in [2.75, 3.05) is 18.0 Å². The summed E-state index contributed by atoms with van der Waals surface area (Å²) in [5.74, 6) is 1.41. The first-order chi connectivity index (χ1) is 9.95. The van der Waals surface area contributed by atoms with E-state index in [4.69, 9.17) is 0 Å². The second-order valence-corrected chi connectivity index (χ2v) is 6.83. The van der Waals surface area contributed by atoms with Crippen LogP contribution in [0.5, 0.6) is 0 Å². The minimum Gasteiger partial charge on any atom is -0.388 e. The Morgan fingerprint density at radius 3 is 1.95 bits per heavy atom. The Morgan fingerprint density at radius 2 is 1.48 bits per heavy atom. The molecule has 2 nitrogen and oxygen atoms in total. The van der Waals surface area contributed by atoms with Crippen molar-refractivity contribution in [1.29, 1.82) is 0 Å². The molecule has 0 bridgehead atoms. The van der Waals surface area contributed by atoms with Gasteiger partial charge in [-0.2, -0.15) is 0 Å². The monoisotopic (exact) mass is 291 g/mol. The number of nitrogens with zero attached hydrogens (tertiary/aromatic N) is 1. The van der Waals surface area contributed by atoms with Gasteiger partial charge in [-0.05, 0) is 37.2 Å². The van der Waals surface area contributed by atoms with Crippen LogP contribution in [0, 0.1) is 11.8 Å². The van der Waals surface area contributed by atoms with E-state index in [2.05, 4.69) is 50.8 Å². The fourth-order valence-electron chi connectivity index (χ4n) is 2.46. The SMILES string of the molecule is CC[C@@H](O)c1ccccc1N(CCC(C)C)CCC(C)C. The molecule has 0 aliphatic heterocycles. The van der Waals surface area contributed by atoms with Gasteiger partial charge in [-0.15, -0.1) is 0 Å². The predicted molar refractivity (Wildman–Crippen MR) is 92.8 cm³/mol. The number of rotatable bonds is 9. The van der Waals surface area contributed by atoms with Crippen molar-refractivity contribution >= 4 is 5.69 Å². The lowest BCUT2D eigenvalue weighted by Gasteiger charge is -2.29. The molecule has 21 heavy (non-hydrogen) atoms. The van der Waals surface area contributed by atoms with E-state index < -0.39 is 0 Å². The Kier molecular flexibility index (Phi) is 7.81. The minimum atomic E-state index is -0.359. The zero-order chi connectivity index (χ0) is 15.8. The average molecular weight is 291 g/mol. The topological polar surface area (TPSA) is 23.5 Å². The van der Waals surface area contributed by atoms with Crippen LogP contribution in [0.25, 0.3) is 0 Å². The maximum atomic E-state index is 10.3. The zero-order valence-corrected chi connectivity index (χ0v) is 14.5. The van der Waals surface area contributed by atoms with Crippen molar-refractivity contribution in [2.45, 2.75) is 60.0 Å². The van der Waals surface area contributed by atoms with Crippen LogP contribution in [0.1, 0.15) is 65.5 Å². The van der Waals surface area contributed by atoms with Crippen LogP contribution in [0.2, 0.25) is 0 Å². The standard InChI is InChI=1S/C19H33NO/c1-6-19(21)17-9-7-8-10-18(17)20(13-11-15(2)3)14-12-16(4)5/h7-10,15-16,19,21H,6,11-14H2,1-5H3/t19-/m1/s1. The summed E-state index contributed by atoms with van der Waals surface area (Å²) in [5.41, 5.74) is 2.29. The van der Waals surface area contributed by atoms with Crippen molar-refractivity contribution in [1.82, 2.24) is 0 Å². The lowest BCUT2D eigenvalue weighted by molar-refractivity contribution is 0.174. The molecular weight excluding hydrogens is 258 g/mol. The largest absolute Gasteiger partial charge is 0.388 e. The number of hydrogen-bond acceptors (Lipinski definition) is 2. The summed E-state index contributed by atoms with van der Waals surface area (Å²) in [4.78, 5) is 2.47.